The molecule has 0 aliphatic carbocycles. The second-order valence-electron chi connectivity index (χ2n) is 11.1. The third kappa shape index (κ3) is 5.43. The van der Waals surface area contributed by atoms with E-state index >= 15 is 0 Å². The van der Waals surface area contributed by atoms with E-state index in [4.69, 9.17) is 19.2 Å². The first kappa shape index (κ1) is 25.6. The van der Waals surface area contributed by atoms with E-state index in [1.807, 2.05) is 37.8 Å². The van der Waals surface area contributed by atoms with E-state index < -0.39 is 5.60 Å². The largest absolute Gasteiger partial charge is 0.444 e. The van der Waals surface area contributed by atoms with Crippen molar-refractivity contribution in [2.75, 3.05) is 18.0 Å². The molecule has 10 heteroatoms. The first-order chi connectivity index (χ1) is 18.7. The van der Waals surface area contributed by atoms with Crippen LogP contribution in [0.25, 0.3) is 22.4 Å². The minimum absolute atomic E-state index is 0.120. The van der Waals surface area contributed by atoms with E-state index in [0.717, 1.165) is 34.4 Å². The SMILES string of the molecule is Cc1nc(-c2nc(N3C4CCC3CN(C(=O)OC(C)(C)C)C4)nc3ccc(SCc4ccccc4)cc23)no1. The second kappa shape index (κ2) is 10.1. The van der Waals surface area contributed by atoms with Gasteiger partial charge in [-0.1, -0.05) is 35.5 Å². The van der Waals surface area contributed by atoms with Crippen LogP contribution < -0.4 is 4.90 Å². The van der Waals surface area contributed by atoms with Gasteiger partial charge < -0.3 is 19.1 Å². The van der Waals surface area contributed by atoms with Crippen molar-refractivity contribution in [3.8, 4) is 11.5 Å². The Labute approximate surface area is 232 Å². The predicted molar refractivity (Wildman–Crippen MR) is 151 cm³/mol. The van der Waals surface area contributed by atoms with Gasteiger partial charge >= 0.3 is 6.09 Å². The van der Waals surface area contributed by atoms with Crippen molar-refractivity contribution in [1.82, 2.24) is 25.0 Å². The molecule has 0 saturated carbocycles. The van der Waals surface area contributed by atoms with E-state index in [1.165, 1.54) is 5.56 Å². The van der Waals surface area contributed by atoms with Crippen molar-refractivity contribution >= 4 is 34.7 Å². The van der Waals surface area contributed by atoms with Crippen molar-refractivity contribution < 1.29 is 14.1 Å². The lowest BCUT2D eigenvalue weighted by molar-refractivity contribution is 0.0209. The zero-order valence-corrected chi connectivity index (χ0v) is 23.4. The number of hydrogen-bond acceptors (Lipinski definition) is 9. The van der Waals surface area contributed by atoms with Crippen LogP contribution in [0.4, 0.5) is 10.7 Å². The highest BCUT2D eigenvalue weighted by Crippen LogP contribution is 2.37. The van der Waals surface area contributed by atoms with Crippen molar-refractivity contribution in [2.24, 2.45) is 0 Å². The number of anilines is 1. The van der Waals surface area contributed by atoms with Crippen LogP contribution in [0.5, 0.6) is 0 Å². The quantitative estimate of drug-likeness (QED) is 0.286. The van der Waals surface area contributed by atoms with E-state index in [2.05, 4.69) is 51.4 Å². The summed E-state index contributed by atoms with van der Waals surface area (Å²) in [5.41, 5.74) is 2.23. The van der Waals surface area contributed by atoms with E-state index in [9.17, 15) is 4.79 Å². The van der Waals surface area contributed by atoms with Crippen molar-refractivity contribution in [2.45, 2.75) is 68.9 Å². The van der Waals surface area contributed by atoms with Crippen molar-refractivity contribution in [3.63, 3.8) is 0 Å². The standard InChI is InChI=1S/C29H32N6O3S/c1-18-30-26(33-38-18)25-23-14-22(39-17-19-8-6-5-7-9-19)12-13-24(23)31-27(32-25)35-20-10-11-21(35)16-34(15-20)28(36)37-29(2,3)4/h5-9,12-14,20-21H,10-11,15-17H2,1-4H3. The first-order valence-corrected chi connectivity index (χ1v) is 14.3. The van der Waals surface area contributed by atoms with Gasteiger partial charge in [0.1, 0.15) is 11.3 Å². The fourth-order valence-electron chi connectivity index (χ4n) is 5.31. The molecule has 2 aromatic heterocycles. The van der Waals surface area contributed by atoms with Crippen LogP contribution in [0.1, 0.15) is 45.1 Å². The third-order valence-corrected chi connectivity index (χ3v) is 8.07. The number of likely N-dealkylation sites (tertiary alicyclic amines) is 1. The molecular formula is C29H32N6O3S. The Morgan fingerprint density at radius 1 is 1.05 bits per heavy atom. The maximum atomic E-state index is 12.8. The zero-order chi connectivity index (χ0) is 27.1. The fourth-order valence-corrected chi connectivity index (χ4v) is 6.20. The summed E-state index contributed by atoms with van der Waals surface area (Å²) in [6.07, 6.45) is 1.68. The van der Waals surface area contributed by atoms with Gasteiger partial charge in [-0.15, -0.1) is 11.8 Å². The molecule has 0 radical (unpaired) electrons. The number of ether oxygens (including phenoxy) is 1. The molecule has 2 atom stereocenters. The van der Waals surface area contributed by atoms with Crippen molar-refractivity contribution in [1.29, 1.82) is 0 Å². The van der Waals surface area contributed by atoms with Gasteiger partial charge in [-0.05, 0) is 57.4 Å². The minimum Gasteiger partial charge on any atom is -0.444 e. The van der Waals surface area contributed by atoms with Crippen LogP contribution in [0.2, 0.25) is 0 Å². The highest BCUT2D eigenvalue weighted by Gasteiger charge is 2.44. The lowest BCUT2D eigenvalue weighted by atomic mass is 10.1. The number of thioether (sulfide) groups is 1. The number of nitrogens with zero attached hydrogens (tertiary/aromatic N) is 6. The number of carbonyl (C=O) groups is 1. The highest BCUT2D eigenvalue weighted by molar-refractivity contribution is 7.98. The molecule has 9 nitrogen and oxygen atoms in total. The minimum atomic E-state index is -0.523. The normalized spacial score (nSPS) is 19.1. The Bertz CT molecular complexity index is 1490. The molecule has 1 amide bonds. The molecule has 2 aliphatic rings. The summed E-state index contributed by atoms with van der Waals surface area (Å²) >= 11 is 1.77. The number of aromatic nitrogens is 4. The van der Waals surface area contributed by atoms with Gasteiger partial charge in [0.05, 0.1) is 17.6 Å². The molecule has 2 aliphatic heterocycles. The Balaban J connectivity index is 1.32. The molecular weight excluding hydrogens is 512 g/mol. The number of hydrogen-bond donors (Lipinski definition) is 0. The number of rotatable bonds is 5. The molecule has 4 heterocycles. The van der Waals surface area contributed by atoms with Gasteiger partial charge in [-0.25, -0.2) is 14.8 Å². The molecule has 202 valence electrons. The number of carbonyl (C=O) groups excluding carboxylic acids is 1. The average Bonchev–Trinajstić information content (AvgIpc) is 3.45. The predicted octanol–water partition coefficient (Wildman–Crippen LogP) is 5.87. The summed E-state index contributed by atoms with van der Waals surface area (Å²) in [6, 6.07) is 16.9. The Hall–Kier alpha value is -3.66. The maximum Gasteiger partial charge on any atom is 0.410 e. The Morgan fingerprint density at radius 3 is 2.46 bits per heavy atom. The molecule has 4 aromatic rings. The van der Waals surface area contributed by atoms with Crippen LogP contribution >= 0.6 is 11.8 Å². The van der Waals surface area contributed by atoms with Gasteiger partial charge in [0.25, 0.3) is 0 Å². The summed E-state index contributed by atoms with van der Waals surface area (Å²) in [7, 11) is 0. The first-order valence-electron chi connectivity index (χ1n) is 13.3. The summed E-state index contributed by atoms with van der Waals surface area (Å²) < 4.78 is 11.0. The molecule has 0 N–H and O–H groups in total. The van der Waals surface area contributed by atoms with Crippen LogP contribution in [0.15, 0.2) is 57.9 Å². The van der Waals surface area contributed by atoms with E-state index in [0.29, 0.717) is 36.4 Å². The average molecular weight is 545 g/mol. The number of benzene rings is 2. The summed E-state index contributed by atoms with van der Waals surface area (Å²) in [6.45, 7) is 8.62. The Morgan fingerprint density at radius 2 is 1.79 bits per heavy atom. The van der Waals surface area contributed by atoms with Gasteiger partial charge in [0, 0.05) is 36.0 Å². The monoisotopic (exact) mass is 544 g/mol. The molecule has 2 fully saturated rings. The number of piperazine rings is 1. The van der Waals surface area contributed by atoms with Gasteiger partial charge in [-0.3, -0.25) is 0 Å². The molecule has 2 aromatic carbocycles. The topological polar surface area (TPSA) is 97.5 Å². The van der Waals surface area contributed by atoms with Crippen LogP contribution in [-0.2, 0) is 10.5 Å². The van der Waals surface area contributed by atoms with Crippen LogP contribution in [-0.4, -0.2) is 61.9 Å². The number of aryl methyl sites for hydroxylation is 1. The van der Waals surface area contributed by atoms with Crippen molar-refractivity contribution in [3.05, 3.63) is 60.0 Å². The maximum absolute atomic E-state index is 12.8. The molecule has 2 bridgehead atoms. The fraction of sp³-hybridized carbons (Fsp3) is 0.414. The van der Waals surface area contributed by atoms with Crippen LogP contribution in [0, 0.1) is 6.92 Å². The molecule has 39 heavy (non-hydrogen) atoms. The lowest BCUT2D eigenvalue weighted by Crippen LogP contribution is -2.56. The lowest BCUT2D eigenvalue weighted by Gasteiger charge is -2.41. The molecule has 2 saturated heterocycles. The molecule has 6 rings (SSSR count). The Kier molecular flexibility index (Phi) is 6.66. The van der Waals surface area contributed by atoms with Gasteiger partial charge in [-0.2, -0.15) is 4.98 Å². The third-order valence-electron chi connectivity index (χ3n) is 7.01. The van der Waals surface area contributed by atoms with Gasteiger partial charge in [0.2, 0.25) is 17.7 Å². The second-order valence-corrected chi connectivity index (χ2v) is 12.2. The van der Waals surface area contributed by atoms with E-state index in [1.54, 1.807) is 18.7 Å². The summed E-state index contributed by atoms with van der Waals surface area (Å²) in [4.78, 5) is 32.5. The summed E-state index contributed by atoms with van der Waals surface area (Å²) in [5.74, 6) is 2.44. The van der Waals surface area contributed by atoms with Gasteiger partial charge in [0.15, 0.2) is 0 Å². The zero-order valence-electron chi connectivity index (χ0n) is 22.6. The summed E-state index contributed by atoms with van der Waals surface area (Å²) in [5, 5.41) is 5.08. The van der Waals surface area contributed by atoms with Crippen LogP contribution in [0.3, 0.4) is 0 Å². The van der Waals surface area contributed by atoms with E-state index in [-0.39, 0.29) is 18.2 Å². The highest BCUT2D eigenvalue weighted by atomic mass is 32.2. The smallest absolute Gasteiger partial charge is 0.410 e. The molecule has 0 spiro atoms. The number of amides is 1. The number of fused-ring (bicyclic) bond motifs is 3. The molecule has 2 unspecified atom stereocenters.